The maximum absolute atomic E-state index is 5.65. The van der Waals surface area contributed by atoms with Crippen molar-refractivity contribution in [3.05, 3.63) is 24.3 Å². The van der Waals surface area contributed by atoms with Gasteiger partial charge in [-0.2, -0.15) is 5.10 Å². The van der Waals surface area contributed by atoms with E-state index in [4.69, 9.17) is 5.73 Å². The monoisotopic (exact) mass is 207 g/mol. The molecule has 1 aromatic heterocycles. The third-order valence-corrected chi connectivity index (χ3v) is 1.79. The number of aromatic nitrogens is 2. The molecule has 2 N–H and O–H groups in total. The second kappa shape index (κ2) is 6.87. The zero-order chi connectivity index (χ0) is 11.8. The molecular weight excluding hydrogens is 186 g/mol. The van der Waals surface area contributed by atoms with E-state index in [9.17, 15) is 0 Å². The quantitative estimate of drug-likeness (QED) is 0.721. The second-order valence-corrected chi connectivity index (χ2v) is 2.53. The summed E-state index contributed by atoms with van der Waals surface area (Å²) >= 11 is 0. The third-order valence-electron chi connectivity index (χ3n) is 1.79. The zero-order valence-electron chi connectivity index (χ0n) is 10.3. The van der Waals surface area contributed by atoms with E-state index in [-0.39, 0.29) is 0 Å². The first-order valence-corrected chi connectivity index (χ1v) is 5.46. The fourth-order valence-corrected chi connectivity index (χ4v) is 1.24. The largest absolute Gasteiger partial charge is 0.382 e. The first kappa shape index (κ1) is 13.5. The fourth-order valence-electron chi connectivity index (χ4n) is 1.24. The average molecular weight is 207 g/mol. The Labute approximate surface area is 91.9 Å². The summed E-state index contributed by atoms with van der Waals surface area (Å²) in [6.07, 6.45) is 0. The van der Waals surface area contributed by atoms with Crippen molar-refractivity contribution in [2.45, 2.75) is 27.7 Å². The molecule has 0 aliphatic carbocycles. The fraction of sp³-hybridized carbons (Fsp3) is 0.417. The van der Waals surface area contributed by atoms with E-state index in [1.807, 2.05) is 59.0 Å². The molecule has 1 aromatic carbocycles. The van der Waals surface area contributed by atoms with E-state index in [1.165, 1.54) is 0 Å². The standard InChI is InChI=1S/C8H9N3.2C2H6/c1-11-7-5-3-2-4-6(7)8(9)10-11;2*1-2/h2-5H,1H3,(H2,9,10);2*1-2H3. The van der Waals surface area contributed by atoms with Crippen LogP contribution in [0.1, 0.15) is 27.7 Å². The number of rotatable bonds is 0. The number of benzene rings is 1. The first-order valence-electron chi connectivity index (χ1n) is 5.46. The molecule has 1 heterocycles. The van der Waals surface area contributed by atoms with Crippen LogP contribution in [0.2, 0.25) is 0 Å². The van der Waals surface area contributed by atoms with Gasteiger partial charge in [-0.3, -0.25) is 4.68 Å². The van der Waals surface area contributed by atoms with Crippen LogP contribution >= 0.6 is 0 Å². The van der Waals surface area contributed by atoms with Crippen molar-refractivity contribution in [2.24, 2.45) is 7.05 Å². The molecule has 84 valence electrons. The summed E-state index contributed by atoms with van der Waals surface area (Å²) in [5, 5.41) is 5.11. The van der Waals surface area contributed by atoms with Gasteiger partial charge in [0.15, 0.2) is 5.82 Å². The lowest BCUT2D eigenvalue weighted by molar-refractivity contribution is 0.802. The van der Waals surface area contributed by atoms with Crippen molar-refractivity contribution in [3.8, 4) is 0 Å². The molecule has 0 aliphatic rings. The van der Waals surface area contributed by atoms with Gasteiger partial charge >= 0.3 is 0 Å². The van der Waals surface area contributed by atoms with E-state index in [0.717, 1.165) is 10.9 Å². The van der Waals surface area contributed by atoms with Gasteiger partial charge in [0, 0.05) is 12.4 Å². The number of nitrogen functional groups attached to an aromatic ring is 1. The molecule has 0 saturated heterocycles. The van der Waals surface area contributed by atoms with Crippen molar-refractivity contribution in [2.75, 3.05) is 5.73 Å². The number of hydrogen-bond acceptors (Lipinski definition) is 2. The number of hydrogen-bond donors (Lipinski definition) is 1. The summed E-state index contributed by atoms with van der Waals surface area (Å²) in [5.41, 5.74) is 6.72. The summed E-state index contributed by atoms with van der Waals surface area (Å²) < 4.78 is 1.78. The van der Waals surface area contributed by atoms with Gasteiger partial charge in [0.2, 0.25) is 0 Å². The predicted octanol–water partition coefficient (Wildman–Crippen LogP) is 3.21. The van der Waals surface area contributed by atoms with Gasteiger partial charge in [0.1, 0.15) is 0 Å². The van der Waals surface area contributed by atoms with Crippen LogP contribution in [0, 0.1) is 0 Å². The highest BCUT2D eigenvalue weighted by Crippen LogP contribution is 2.17. The maximum atomic E-state index is 5.65. The van der Waals surface area contributed by atoms with Gasteiger partial charge in [-0.25, -0.2) is 0 Å². The van der Waals surface area contributed by atoms with Crippen LogP contribution in [0.3, 0.4) is 0 Å². The average Bonchev–Trinajstić information content (AvgIpc) is 2.61. The van der Waals surface area contributed by atoms with Crippen molar-refractivity contribution >= 4 is 16.7 Å². The predicted molar refractivity (Wildman–Crippen MR) is 67.8 cm³/mol. The van der Waals surface area contributed by atoms with E-state index < -0.39 is 0 Å². The summed E-state index contributed by atoms with van der Waals surface area (Å²) in [5.74, 6) is 0.600. The highest BCUT2D eigenvalue weighted by atomic mass is 15.3. The Morgan fingerprint density at radius 2 is 1.60 bits per heavy atom. The molecule has 0 unspecified atom stereocenters. The lowest BCUT2D eigenvalue weighted by Crippen LogP contribution is -1.90. The molecular formula is C12H21N3. The van der Waals surface area contributed by atoms with E-state index in [0.29, 0.717) is 5.82 Å². The van der Waals surface area contributed by atoms with Crippen molar-refractivity contribution < 1.29 is 0 Å². The number of fused-ring (bicyclic) bond motifs is 1. The van der Waals surface area contributed by atoms with Crippen LogP contribution < -0.4 is 5.73 Å². The molecule has 0 atom stereocenters. The second-order valence-electron chi connectivity index (χ2n) is 2.53. The Balaban J connectivity index is 0.000000442. The number of para-hydroxylation sites is 1. The van der Waals surface area contributed by atoms with Crippen LogP contribution in [0.5, 0.6) is 0 Å². The SMILES string of the molecule is CC.CC.Cn1nc(N)c2ccccc21. The van der Waals surface area contributed by atoms with E-state index >= 15 is 0 Å². The minimum absolute atomic E-state index is 0.600. The minimum Gasteiger partial charge on any atom is -0.382 e. The van der Waals surface area contributed by atoms with Crippen molar-refractivity contribution in [3.63, 3.8) is 0 Å². The molecule has 0 amide bonds. The van der Waals surface area contributed by atoms with Crippen LogP contribution in [-0.4, -0.2) is 9.78 Å². The van der Waals surface area contributed by atoms with E-state index in [1.54, 1.807) is 4.68 Å². The highest BCUT2D eigenvalue weighted by Gasteiger charge is 2.01. The molecule has 3 heteroatoms. The van der Waals surface area contributed by atoms with Gasteiger partial charge in [-0.15, -0.1) is 0 Å². The topological polar surface area (TPSA) is 43.8 Å². The lowest BCUT2D eigenvalue weighted by atomic mass is 10.2. The smallest absolute Gasteiger partial charge is 0.153 e. The Morgan fingerprint density at radius 3 is 2.13 bits per heavy atom. The van der Waals surface area contributed by atoms with Crippen molar-refractivity contribution in [1.82, 2.24) is 9.78 Å². The Bertz CT molecular complexity index is 355. The molecule has 2 rings (SSSR count). The highest BCUT2D eigenvalue weighted by molar-refractivity contribution is 5.88. The van der Waals surface area contributed by atoms with Gasteiger partial charge in [-0.1, -0.05) is 39.8 Å². The zero-order valence-corrected chi connectivity index (χ0v) is 10.3. The lowest BCUT2D eigenvalue weighted by Gasteiger charge is -1.89. The van der Waals surface area contributed by atoms with Crippen molar-refractivity contribution in [1.29, 1.82) is 0 Å². The van der Waals surface area contributed by atoms with Gasteiger partial charge in [0.05, 0.1) is 5.52 Å². The van der Waals surface area contributed by atoms with Crippen LogP contribution in [0.25, 0.3) is 10.9 Å². The molecule has 0 fully saturated rings. The molecule has 2 aromatic rings. The summed E-state index contributed by atoms with van der Waals surface area (Å²) in [7, 11) is 1.89. The number of nitrogens with two attached hydrogens (primary N) is 1. The van der Waals surface area contributed by atoms with Crippen LogP contribution in [0.15, 0.2) is 24.3 Å². The van der Waals surface area contributed by atoms with E-state index in [2.05, 4.69) is 5.10 Å². The molecule has 0 spiro atoms. The Morgan fingerprint density at radius 1 is 1.07 bits per heavy atom. The van der Waals surface area contributed by atoms with Gasteiger partial charge < -0.3 is 5.73 Å². The first-order chi connectivity index (χ1) is 7.29. The normalized spacial score (nSPS) is 8.60. The number of aryl methyl sites for hydroxylation is 1. The van der Waals surface area contributed by atoms with Gasteiger partial charge in [-0.05, 0) is 12.1 Å². The molecule has 3 nitrogen and oxygen atoms in total. The number of nitrogens with zero attached hydrogens (tertiary/aromatic N) is 2. The minimum atomic E-state index is 0.600. The summed E-state index contributed by atoms with van der Waals surface area (Å²) in [4.78, 5) is 0. The molecule has 0 bridgehead atoms. The summed E-state index contributed by atoms with van der Waals surface area (Å²) in [6.45, 7) is 8.00. The van der Waals surface area contributed by atoms with Crippen LogP contribution in [-0.2, 0) is 7.05 Å². The van der Waals surface area contributed by atoms with Crippen LogP contribution in [0.4, 0.5) is 5.82 Å². The van der Waals surface area contributed by atoms with Gasteiger partial charge in [0.25, 0.3) is 0 Å². The molecule has 0 radical (unpaired) electrons. The Kier molecular flexibility index (Phi) is 6.18. The molecule has 0 saturated carbocycles. The Hall–Kier alpha value is -1.51. The maximum Gasteiger partial charge on any atom is 0.153 e. The third kappa shape index (κ3) is 2.98. The number of anilines is 1. The molecule has 0 aliphatic heterocycles. The molecule has 15 heavy (non-hydrogen) atoms. The summed E-state index contributed by atoms with van der Waals surface area (Å²) in [6, 6.07) is 7.90.